The number of hydrogen-bond donors (Lipinski definition) is 1. The Morgan fingerprint density at radius 3 is 2.81 bits per heavy atom. The Kier molecular flexibility index (Phi) is 4.14. The first-order valence-corrected chi connectivity index (χ1v) is 7.65. The molecule has 1 saturated carbocycles. The fourth-order valence-corrected chi connectivity index (χ4v) is 3.52. The number of rotatable bonds is 4. The maximum Gasteiger partial charge on any atom is 0.0538 e. The van der Waals surface area contributed by atoms with E-state index in [1.807, 2.05) is 24.2 Å². The van der Waals surface area contributed by atoms with E-state index < -0.39 is 0 Å². The molecule has 4 heteroatoms. The highest BCUT2D eigenvalue weighted by molar-refractivity contribution is 9.10. The number of thioether (sulfide) groups is 1. The SMILES string of the molecule is CSC1(CNc2cncc(Br)c2)CCCC1. The second-order valence-corrected chi connectivity index (χ2v) is 6.53. The molecule has 0 bridgehead atoms. The molecule has 0 aromatic carbocycles. The molecule has 16 heavy (non-hydrogen) atoms. The molecular formula is C12H17BrN2S. The molecule has 2 nitrogen and oxygen atoms in total. The number of nitrogens with one attached hydrogen (secondary N) is 1. The summed E-state index contributed by atoms with van der Waals surface area (Å²) in [5, 5.41) is 3.51. The van der Waals surface area contributed by atoms with Crippen LogP contribution >= 0.6 is 27.7 Å². The van der Waals surface area contributed by atoms with Crippen molar-refractivity contribution >= 4 is 33.4 Å². The molecule has 88 valence electrons. The fraction of sp³-hybridized carbons (Fsp3) is 0.583. The second-order valence-electron chi connectivity index (χ2n) is 4.34. The van der Waals surface area contributed by atoms with E-state index in [0.717, 1.165) is 16.7 Å². The summed E-state index contributed by atoms with van der Waals surface area (Å²) in [4.78, 5) is 4.16. The zero-order valence-electron chi connectivity index (χ0n) is 9.50. The van der Waals surface area contributed by atoms with Gasteiger partial charge in [0.25, 0.3) is 0 Å². The molecule has 1 aromatic heterocycles. The van der Waals surface area contributed by atoms with Gasteiger partial charge in [-0.15, -0.1) is 0 Å². The largest absolute Gasteiger partial charge is 0.382 e. The highest BCUT2D eigenvalue weighted by atomic mass is 79.9. The molecule has 1 heterocycles. The number of nitrogens with zero attached hydrogens (tertiary/aromatic N) is 1. The van der Waals surface area contributed by atoms with E-state index in [9.17, 15) is 0 Å². The summed E-state index contributed by atoms with van der Waals surface area (Å²) in [6, 6.07) is 2.08. The molecule has 1 fully saturated rings. The van der Waals surface area contributed by atoms with Crippen molar-refractivity contribution in [1.29, 1.82) is 0 Å². The quantitative estimate of drug-likeness (QED) is 0.912. The van der Waals surface area contributed by atoms with Crippen molar-refractivity contribution in [2.24, 2.45) is 0 Å². The van der Waals surface area contributed by atoms with Crippen molar-refractivity contribution in [3.8, 4) is 0 Å². The average molecular weight is 301 g/mol. The van der Waals surface area contributed by atoms with E-state index in [1.165, 1.54) is 25.7 Å². The molecule has 1 N–H and O–H groups in total. The predicted molar refractivity (Wildman–Crippen MR) is 75.1 cm³/mol. The summed E-state index contributed by atoms with van der Waals surface area (Å²) in [5.74, 6) is 0. The first-order chi connectivity index (χ1) is 7.74. The van der Waals surface area contributed by atoms with Gasteiger partial charge in [0.15, 0.2) is 0 Å². The van der Waals surface area contributed by atoms with Crippen LogP contribution in [0.4, 0.5) is 5.69 Å². The summed E-state index contributed by atoms with van der Waals surface area (Å²) in [6.07, 6.45) is 11.3. The molecule has 0 unspecified atom stereocenters. The highest BCUT2D eigenvalue weighted by Crippen LogP contribution is 2.40. The maximum absolute atomic E-state index is 4.16. The van der Waals surface area contributed by atoms with Gasteiger partial charge >= 0.3 is 0 Å². The van der Waals surface area contributed by atoms with Gasteiger partial charge in [-0.25, -0.2) is 0 Å². The van der Waals surface area contributed by atoms with E-state index in [0.29, 0.717) is 4.75 Å². The third-order valence-corrected chi connectivity index (χ3v) is 5.12. The normalized spacial score (nSPS) is 18.6. The van der Waals surface area contributed by atoms with Crippen LogP contribution in [-0.2, 0) is 0 Å². The number of halogens is 1. The van der Waals surface area contributed by atoms with Crippen molar-refractivity contribution in [1.82, 2.24) is 4.98 Å². The lowest BCUT2D eigenvalue weighted by molar-refractivity contribution is 0.640. The number of hydrogen-bond acceptors (Lipinski definition) is 3. The van der Waals surface area contributed by atoms with Crippen LogP contribution in [0.3, 0.4) is 0 Å². The Bertz CT molecular complexity index is 351. The predicted octanol–water partition coefficient (Wildman–Crippen LogP) is 3.93. The van der Waals surface area contributed by atoms with Gasteiger partial charge in [0.2, 0.25) is 0 Å². The Morgan fingerprint density at radius 2 is 2.19 bits per heavy atom. The Morgan fingerprint density at radius 1 is 1.44 bits per heavy atom. The van der Waals surface area contributed by atoms with Crippen molar-refractivity contribution < 1.29 is 0 Å². The zero-order chi connectivity index (χ0) is 11.4. The summed E-state index contributed by atoms with van der Waals surface area (Å²) >= 11 is 5.45. The van der Waals surface area contributed by atoms with Crippen LogP contribution in [0.2, 0.25) is 0 Å². The molecule has 0 saturated heterocycles. The molecule has 0 radical (unpaired) electrons. The van der Waals surface area contributed by atoms with Crippen LogP contribution in [0.1, 0.15) is 25.7 Å². The van der Waals surface area contributed by atoms with E-state index in [-0.39, 0.29) is 0 Å². The zero-order valence-corrected chi connectivity index (χ0v) is 11.9. The van der Waals surface area contributed by atoms with Gasteiger partial charge < -0.3 is 5.32 Å². The van der Waals surface area contributed by atoms with Crippen molar-refractivity contribution in [2.75, 3.05) is 18.1 Å². The minimum absolute atomic E-state index is 0.447. The smallest absolute Gasteiger partial charge is 0.0538 e. The fourth-order valence-electron chi connectivity index (χ4n) is 2.24. The molecule has 1 aromatic rings. The Hall–Kier alpha value is -0.220. The minimum atomic E-state index is 0.447. The van der Waals surface area contributed by atoms with Crippen LogP contribution in [0, 0.1) is 0 Å². The number of anilines is 1. The first kappa shape index (κ1) is 12.2. The minimum Gasteiger partial charge on any atom is -0.382 e. The van der Waals surface area contributed by atoms with Gasteiger partial charge in [0.1, 0.15) is 0 Å². The van der Waals surface area contributed by atoms with Gasteiger partial charge in [-0.05, 0) is 41.1 Å². The number of aromatic nitrogens is 1. The third kappa shape index (κ3) is 2.92. The van der Waals surface area contributed by atoms with Crippen LogP contribution in [-0.4, -0.2) is 22.5 Å². The lowest BCUT2D eigenvalue weighted by Gasteiger charge is -2.27. The first-order valence-electron chi connectivity index (χ1n) is 5.64. The van der Waals surface area contributed by atoms with Crippen LogP contribution < -0.4 is 5.32 Å². The third-order valence-electron chi connectivity index (χ3n) is 3.27. The van der Waals surface area contributed by atoms with Crippen LogP contribution in [0.25, 0.3) is 0 Å². The lowest BCUT2D eigenvalue weighted by Crippen LogP contribution is -2.30. The molecule has 1 aliphatic rings. The number of pyridine rings is 1. The van der Waals surface area contributed by atoms with E-state index >= 15 is 0 Å². The summed E-state index contributed by atoms with van der Waals surface area (Å²) in [7, 11) is 0. The maximum atomic E-state index is 4.16. The highest BCUT2D eigenvalue weighted by Gasteiger charge is 2.32. The van der Waals surface area contributed by atoms with Gasteiger partial charge in [0.05, 0.1) is 11.9 Å². The topological polar surface area (TPSA) is 24.9 Å². The molecule has 0 aliphatic heterocycles. The summed E-state index contributed by atoms with van der Waals surface area (Å²) < 4.78 is 1.48. The Balaban J connectivity index is 1.95. The molecule has 2 rings (SSSR count). The van der Waals surface area contributed by atoms with Gasteiger partial charge in [-0.3, -0.25) is 4.98 Å². The van der Waals surface area contributed by atoms with Crippen LogP contribution in [0.5, 0.6) is 0 Å². The van der Waals surface area contributed by atoms with E-state index in [1.54, 1.807) is 0 Å². The molecular weight excluding hydrogens is 284 g/mol. The molecule has 1 aliphatic carbocycles. The van der Waals surface area contributed by atoms with E-state index in [4.69, 9.17) is 0 Å². The molecule has 0 amide bonds. The lowest BCUT2D eigenvalue weighted by atomic mass is 10.1. The summed E-state index contributed by atoms with van der Waals surface area (Å²) in [6.45, 7) is 1.05. The molecule has 0 atom stereocenters. The monoisotopic (exact) mass is 300 g/mol. The van der Waals surface area contributed by atoms with Crippen molar-refractivity contribution in [3.05, 3.63) is 22.9 Å². The van der Waals surface area contributed by atoms with Gasteiger partial charge in [0, 0.05) is 22.0 Å². The standard InChI is InChI=1S/C12H17BrN2S/c1-16-12(4-2-3-5-12)9-15-11-6-10(13)7-14-8-11/h6-8,15H,2-5,9H2,1H3. The van der Waals surface area contributed by atoms with Gasteiger partial charge in [-0.1, -0.05) is 12.8 Å². The van der Waals surface area contributed by atoms with Gasteiger partial charge in [-0.2, -0.15) is 11.8 Å². The Labute approximate surface area is 110 Å². The van der Waals surface area contributed by atoms with Crippen molar-refractivity contribution in [2.45, 2.75) is 30.4 Å². The average Bonchev–Trinajstić information content (AvgIpc) is 2.76. The van der Waals surface area contributed by atoms with Crippen LogP contribution in [0.15, 0.2) is 22.9 Å². The molecule has 0 spiro atoms. The summed E-state index contributed by atoms with van der Waals surface area (Å²) in [5.41, 5.74) is 1.11. The second kappa shape index (κ2) is 5.41. The van der Waals surface area contributed by atoms with Crippen molar-refractivity contribution in [3.63, 3.8) is 0 Å². The van der Waals surface area contributed by atoms with E-state index in [2.05, 4.69) is 38.6 Å².